The highest BCUT2D eigenvalue weighted by molar-refractivity contribution is 5.97. The lowest BCUT2D eigenvalue weighted by Gasteiger charge is -2.31. The second kappa shape index (κ2) is 9.92. The van der Waals surface area contributed by atoms with Crippen molar-refractivity contribution >= 4 is 11.9 Å². The van der Waals surface area contributed by atoms with Crippen LogP contribution in [0.4, 0.5) is 0 Å². The number of aryl methyl sites for hydroxylation is 2. The largest absolute Gasteiger partial charge is 0.466 e. The fourth-order valence-corrected chi connectivity index (χ4v) is 4.23. The monoisotopic (exact) mass is 411 g/mol. The van der Waals surface area contributed by atoms with Crippen molar-refractivity contribution in [2.75, 3.05) is 19.7 Å². The molecule has 3 rings (SSSR count). The van der Waals surface area contributed by atoms with E-state index < -0.39 is 0 Å². The number of nitrogens with zero attached hydrogens (tertiary/aromatic N) is 3. The lowest BCUT2D eigenvalue weighted by Crippen LogP contribution is -2.43. The fourth-order valence-electron chi connectivity index (χ4n) is 4.23. The van der Waals surface area contributed by atoms with Crippen LogP contribution in [0.15, 0.2) is 24.3 Å². The van der Waals surface area contributed by atoms with Crippen molar-refractivity contribution in [1.29, 1.82) is 0 Å². The first-order valence-corrected chi connectivity index (χ1v) is 11.1. The van der Waals surface area contributed by atoms with Gasteiger partial charge in [-0.3, -0.25) is 9.59 Å². The van der Waals surface area contributed by atoms with Crippen molar-refractivity contribution in [2.24, 2.45) is 5.92 Å². The third kappa shape index (κ3) is 4.58. The van der Waals surface area contributed by atoms with Gasteiger partial charge in [0.25, 0.3) is 5.91 Å². The molecular formula is C24H33N3O3. The number of carbonyl (C=O) groups is 2. The number of carbonyl (C=O) groups excluding carboxylic acids is 2. The second-order valence-electron chi connectivity index (χ2n) is 7.97. The number of likely N-dealkylation sites (tertiary alicyclic amines) is 1. The van der Waals surface area contributed by atoms with Crippen LogP contribution in [-0.4, -0.2) is 46.3 Å². The second-order valence-corrected chi connectivity index (χ2v) is 7.97. The van der Waals surface area contributed by atoms with Crippen molar-refractivity contribution in [3.63, 3.8) is 0 Å². The topological polar surface area (TPSA) is 64.4 Å². The molecule has 6 nitrogen and oxygen atoms in total. The molecule has 1 aliphatic rings. The highest BCUT2D eigenvalue weighted by Crippen LogP contribution is 2.26. The zero-order valence-corrected chi connectivity index (χ0v) is 18.6. The summed E-state index contributed by atoms with van der Waals surface area (Å²) in [6.07, 6.45) is 3.96. The number of esters is 1. The minimum Gasteiger partial charge on any atom is -0.466 e. The normalized spacial score (nSPS) is 16.5. The molecule has 0 radical (unpaired) electrons. The van der Waals surface area contributed by atoms with Crippen LogP contribution in [0.3, 0.4) is 0 Å². The fraction of sp³-hybridized carbons (Fsp3) is 0.542. The molecule has 0 bridgehead atoms. The molecule has 1 aromatic heterocycles. The average Bonchev–Trinajstić information content (AvgIpc) is 3.12. The Morgan fingerprint density at radius 2 is 2.03 bits per heavy atom. The van der Waals surface area contributed by atoms with E-state index in [0.717, 1.165) is 48.3 Å². The third-order valence-corrected chi connectivity index (χ3v) is 5.66. The summed E-state index contributed by atoms with van der Waals surface area (Å²) in [6, 6.07) is 8.19. The summed E-state index contributed by atoms with van der Waals surface area (Å²) in [5.74, 6) is -0.452. The molecule has 1 aromatic carbocycles. The van der Waals surface area contributed by atoms with E-state index in [1.807, 2.05) is 28.6 Å². The molecule has 1 amide bonds. The molecule has 1 aliphatic heterocycles. The van der Waals surface area contributed by atoms with Crippen molar-refractivity contribution in [3.8, 4) is 5.69 Å². The maximum absolute atomic E-state index is 13.6. The highest BCUT2D eigenvalue weighted by Gasteiger charge is 2.33. The predicted octanol–water partition coefficient (Wildman–Crippen LogP) is 4.11. The van der Waals surface area contributed by atoms with Crippen LogP contribution in [0.1, 0.15) is 67.3 Å². The number of hydrogen-bond donors (Lipinski definition) is 0. The van der Waals surface area contributed by atoms with Crippen molar-refractivity contribution < 1.29 is 14.3 Å². The Labute approximate surface area is 179 Å². The molecule has 0 aliphatic carbocycles. The lowest BCUT2D eigenvalue weighted by atomic mass is 9.96. The Kier molecular flexibility index (Phi) is 7.29. The predicted molar refractivity (Wildman–Crippen MR) is 117 cm³/mol. The molecule has 0 unspecified atom stereocenters. The summed E-state index contributed by atoms with van der Waals surface area (Å²) in [4.78, 5) is 27.7. The van der Waals surface area contributed by atoms with Gasteiger partial charge in [0.2, 0.25) is 0 Å². The quantitative estimate of drug-likeness (QED) is 0.643. The van der Waals surface area contributed by atoms with E-state index in [4.69, 9.17) is 9.84 Å². The van der Waals surface area contributed by atoms with E-state index in [-0.39, 0.29) is 17.8 Å². The van der Waals surface area contributed by atoms with Crippen LogP contribution in [0.2, 0.25) is 0 Å². The lowest BCUT2D eigenvalue weighted by molar-refractivity contribution is -0.149. The summed E-state index contributed by atoms with van der Waals surface area (Å²) in [7, 11) is 0. The smallest absolute Gasteiger partial charge is 0.310 e. The third-order valence-electron chi connectivity index (χ3n) is 5.66. The maximum Gasteiger partial charge on any atom is 0.310 e. The van der Waals surface area contributed by atoms with Gasteiger partial charge in [0, 0.05) is 13.1 Å². The standard InChI is InChI=1S/C24H33N3O3/c1-5-10-20-22(21(6-2)27(25-20)19-13-8-11-17(4)15-19)23(28)26-14-9-12-18(16-26)24(29)30-7-3/h8,11,13,15,18H,5-7,9-10,12,14,16H2,1-4H3/t18-/m1/s1. The van der Waals surface area contributed by atoms with Crippen LogP contribution in [-0.2, 0) is 22.4 Å². The van der Waals surface area contributed by atoms with Crippen LogP contribution in [0.5, 0.6) is 0 Å². The van der Waals surface area contributed by atoms with Gasteiger partial charge < -0.3 is 9.64 Å². The number of ether oxygens (including phenoxy) is 1. The molecular weight excluding hydrogens is 378 g/mol. The van der Waals surface area contributed by atoms with Gasteiger partial charge in [-0.15, -0.1) is 0 Å². The van der Waals surface area contributed by atoms with Crippen molar-refractivity contribution in [3.05, 3.63) is 46.8 Å². The zero-order chi connectivity index (χ0) is 21.7. The van der Waals surface area contributed by atoms with Crippen molar-refractivity contribution in [1.82, 2.24) is 14.7 Å². The summed E-state index contributed by atoms with van der Waals surface area (Å²) in [5, 5.41) is 4.86. The van der Waals surface area contributed by atoms with E-state index in [2.05, 4.69) is 32.9 Å². The van der Waals surface area contributed by atoms with Crippen LogP contribution in [0, 0.1) is 12.8 Å². The van der Waals surface area contributed by atoms with E-state index >= 15 is 0 Å². The minimum absolute atomic E-state index is 0.0109. The Hall–Kier alpha value is -2.63. The first-order valence-electron chi connectivity index (χ1n) is 11.1. The minimum atomic E-state index is -0.242. The van der Waals surface area contributed by atoms with Gasteiger partial charge in [-0.25, -0.2) is 4.68 Å². The molecule has 6 heteroatoms. The summed E-state index contributed by atoms with van der Waals surface area (Å²) in [6.45, 7) is 9.49. The molecule has 30 heavy (non-hydrogen) atoms. The zero-order valence-electron chi connectivity index (χ0n) is 18.6. The number of hydrogen-bond acceptors (Lipinski definition) is 4. The first-order chi connectivity index (χ1) is 14.5. The van der Waals surface area contributed by atoms with Gasteiger partial charge >= 0.3 is 5.97 Å². The van der Waals surface area contributed by atoms with Gasteiger partial charge in [-0.2, -0.15) is 5.10 Å². The maximum atomic E-state index is 13.6. The van der Waals surface area contributed by atoms with Crippen LogP contribution >= 0.6 is 0 Å². The molecule has 1 saturated heterocycles. The summed E-state index contributed by atoms with van der Waals surface area (Å²) < 4.78 is 7.13. The Morgan fingerprint density at radius 3 is 2.70 bits per heavy atom. The number of rotatable bonds is 7. The molecule has 2 heterocycles. The van der Waals surface area contributed by atoms with Crippen LogP contribution < -0.4 is 0 Å². The molecule has 1 fully saturated rings. The summed E-state index contributed by atoms with van der Waals surface area (Å²) in [5.41, 5.74) is 4.63. The Bertz CT molecular complexity index is 903. The summed E-state index contributed by atoms with van der Waals surface area (Å²) >= 11 is 0. The Balaban J connectivity index is 1.97. The Morgan fingerprint density at radius 1 is 1.23 bits per heavy atom. The van der Waals surface area contributed by atoms with E-state index in [9.17, 15) is 9.59 Å². The molecule has 0 saturated carbocycles. The number of amides is 1. The van der Waals surface area contributed by atoms with Gasteiger partial charge in [0.15, 0.2) is 0 Å². The molecule has 1 atom stereocenters. The highest BCUT2D eigenvalue weighted by atomic mass is 16.5. The van der Waals surface area contributed by atoms with Crippen LogP contribution in [0.25, 0.3) is 5.69 Å². The van der Waals surface area contributed by atoms with Crippen molar-refractivity contribution in [2.45, 2.75) is 59.8 Å². The molecule has 0 N–H and O–H groups in total. The van der Waals surface area contributed by atoms with Gasteiger partial charge in [-0.05, 0) is 57.2 Å². The van der Waals surface area contributed by atoms with Gasteiger partial charge in [0.05, 0.1) is 35.2 Å². The number of piperidine rings is 1. The van der Waals surface area contributed by atoms with E-state index in [1.165, 1.54) is 0 Å². The van der Waals surface area contributed by atoms with E-state index in [1.54, 1.807) is 0 Å². The molecule has 0 spiro atoms. The van der Waals surface area contributed by atoms with Gasteiger partial charge in [0.1, 0.15) is 0 Å². The number of aromatic nitrogens is 2. The molecule has 162 valence electrons. The SMILES string of the molecule is CCCc1nn(-c2cccc(C)c2)c(CC)c1C(=O)N1CCC[C@@H](C(=O)OCC)C1. The number of benzene rings is 1. The molecule has 2 aromatic rings. The average molecular weight is 412 g/mol. The first kappa shape index (κ1) is 22.1. The van der Waals surface area contributed by atoms with E-state index in [0.29, 0.717) is 31.7 Å². The van der Waals surface area contributed by atoms with Gasteiger partial charge in [-0.1, -0.05) is 32.4 Å².